The summed E-state index contributed by atoms with van der Waals surface area (Å²) in [6, 6.07) is 4.32. The van der Waals surface area contributed by atoms with Crippen molar-refractivity contribution in [1.82, 2.24) is 15.0 Å². The van der Waals surface area contributed by atoms with Crippen LogP contribution < -0.4 is 10.6 Å². The largest absolute Gasteiger partial charge is 0.353 e. The van der Waals surface area contributed by atoms with Crippen LogP contribution in [-0.4, -0.2) is 21.0 Å². The summed E-state index contributed by atoms with van der Waals surface area (Å²) in [7, 11) is 0. The Morgan fingerprint density at radius 3 is 2.27 bits per heavy atom. The molecule has 2 aromatic rings. The minimum Gasteiger partial charge on any atom is -0.353 e. The lowest BCUT2D eigenvalue weighted by Crippen LogP contribution is -2.30. The summed E-state index contributed by atoms with van der Waals surface area (Å²) in [5.74, 6) is 0.713. The Morgan fingerprint density at radius 2 is 1.64 bits per heavy atom. The van der Waals surface area contributed by atoms with Gasteiger partial charge in [0.15, 0.2) is 0 Å². The fourth-order valence-electron chi connectivity index (χ4n) is 2.80. The molecule has 0 atom stereocenters. The summed E-state index contributed by atoms with van der Waals surface area (Å²) >= 11 is 0. The Balaban J connectivity index is 1.56. The van der Waals surface area contributed by atoms with E-state index < -0.39 is 0 Å². The van der Waals surface area contributed by atoms with Crippen molar-refractivity contribution in [3.8, 4) is 0 Å². The first-order valence-electron chi connectivity index (χ1n) is 7.86. The van der Waals surface area contributed by atoms with E-state index in [1.54, 1.807) is 12.4 Å². The SMILES string of the molecule is CC1(C)CCC(Nc2ncc(Nc3ccncc3)cn2)CC1. The Bertz CT molecular complexity index is 584. The van der Waals surface area contributed by atoms with E-state index in [9.17, 15) is 0 Å². The predicted molar refractivity (Wildman–Crippen MR) is 89.2 cm³/mol. The number of rotatable bonds is 4. The van der Waals surface area contributed by atoms with Crippen LogP contribution in [-0.2, 0) is 0 Å². The molecule has 0 saturated heterocycles. The van der Waals surface area contributed by atoms with E-state index >= 15 is 0 Å². The van der Waals surface area contributed by atoms with Crippen molar-refractivity contribution in [2.45, 2.75) is 45.6 Å². The van der Waals surface area contributed by atoms with Crippen LogP contribution in [0.2, 0.25) is 0 Å². The molecule has 0 spiro atoms. The van der Waals surface area contributed by atoms with Crippen LogP contribution in [0.1, 0.15) is 39.5 Å². The van der Waals surface area contributed by atoms with Gasteiger partial charge in [-0.05, 0) is 43.2 Å². The van der Waals surface area contributed by atoms with Crippen molar-refractivity contribution < 1.29 is 0 Å². The molecule has 2 N–H and O–H groups in total. The monoisotopic (exact) mass is 297 g/mol. The van der Waals surface area contributed by atoms with Gasteiger partial charge in [0.05, 0.1) is 18.1 Å². The maximum absolute atomic E-state index is 4.40. The van der Waals surface area contributed by atoms with E-state index in [1.165, 1.54) is 25.7 Å². The van der Waals surface area contributed by atoms with Crippen molar-refractivity contribution in [1.29, 1.82) is 0 Å². The topological polar surface area (TPSA) is 62.7 Å². The molecule has 0 aromatic carbocycles. The second-order valence-electron chi connectivity index (χ2n) is 6.74. The number of anilines is 3. The zero-order valence-corrected chi connectivity index (χ0v) is 13.2. The van der Waals surface area contributed by atoms with Gasteiger partial charge in [-0.25, -0.2) is 9.97 Å². The third-order valence-corrected chi connectivity index (χ3v) is 4.29. The van der Waals surface area contributed by atoms with Gasteiger partial charge in [0.2, 0.25) is 5.95 Å². The quantitative estimate of drug-likeness (QED) is 0.893. The smallest absolute Gasteiger partial charge is 0.222 e. The predicted octanol–water partition coefficient (Wildman–Crippen LogP) is 4.00. The standard InChI is InChI=1S/C17H23N5/c1-17(2)7-3-13(4-8-17)22-16-19-11-15(12-20-16)21-14-5-9-18-10-6-14/h5-6,9-13H,3-4,7-8H2,1-2H3,(H,18,21)(H,19,20,22). The molecule has 1 aliphatic rings. The third-order valence-electron chi connectivity index (χ3n) is 4.29. The highest BCUT2D eigenvalue weighted by Gasteiger charge is 2.26. The van der Waals surface area contributed by atoms with Crippen molar-refractivity contribution in [3.63, 3.8) is 0 Å². The van der Waals surface area contributed by atoms with Gasteiger partial charge in [-0.2, -0.15) is 0 Å². The second kappa shape index (κ2) is 6.30. The maximum atomic E-state index is 4.40. The summed E-state index contributed by atoms with van der Waals surface area (Å²) in [5.41, 5.74) is 2.34. The van der Waals surface area contributed by atoms with Gasteiger partial charge >= 0.3 is 0 Å². The highest BCUT2D eigenvalue weighted by molar-refractivity contribution is 5.57. The number of nitrogens with zero attached hydrogens (tertiary/aromatic N) is 3. The average Bonchev–Trinajstić information content (AvgIpc) is 2.52. The van der Waals surface area contributed by atoms with Crippen molar-refractivity contribution in [3.05, 3.63) is 36.9 Å². The molecular weight excluding hydrogens is 274 g/mol. The van der Waals surface area contributed by atoms with Crippen LogP contribution in [0.3, 0.4) is 0 Å². The Morgan fingerprint density at radius 1 is 1.00 bits per heavy atom. The third kappa shape index (κ3) is 3.93. The number of hydrogen-bond acceptors (Lipinski definition) is 5. The van der Waals surface area contributed by atoms with Crippen LogP contribution in [0, 0.1) is 5.41 Å². The van der Waals surface area contributed by atoms with Crippen LogP contribution in [0.15, 0.2) is 36.9 Å². The number of aromatic nitrogens is 3. The first-order chi connectivity index (χ1) is 10.6. The van der Waals surface area contributed by atoms with E-state index in [4.69, 9.17) is 0 Å². The Labute approximate surface area is 131 Å². The van der Waals surface area contributed by atoms with Crippen molar-refractivity contribution in [2.24, 2.45) is 5.41 Å². The molecule has 0 amide bonds. The molecule has 2 heterocycles. The lowest BCUT2D eigenvalue weighted by atomic mass is 9.76. The molecular formula is C17H23N5. The second-order valence-corrected chi connectivity index (χ2v) is 6.74. The minimum atomic E-state index is 0.483. The number of hydrogen-bond donors (Lipinski definition) is 2. The lowest BCUT2D eigenvalue weighted by Gasteiger charge is -2.34. The maximum Gasteiger partial charge on any atom is 0.222 e. The lowest BCUT2D eigenvalue weighted by molar-refractivity contribution is 0.232. The summed E-state index contributed by atoms with van der Waals surface area (Å²) in [6.07, 6.45) is 12.0. The summed E-state index contributed by atoms with van der Waals surface area (Å²) in [5, 5.41) is 6.70. The molecule has 3 rings (SSSR count). The van der Waals surface area contributed by atoms with Crippen molar-refractivity contribution in [2.75, 3.05) is 10.6 Å². The first kappa shape index (κ1) is 14.8. The van der Waals surface area contributed by atoms with E-state index in [-0.39, 0.29) is 0 Å². The number of pyridine rings is 1. The normalized spacial score (nSPS) is 17.9. The van der Waals surface area contributed by atoms with Crippen LogP contribution in [0.5, 0.6) is 0 Å². The van der Waals surface area contributed by atoms with E-state index in [0.717, 1.165) is 11.4 Å². The fourth-order valence-corrected chi connectivity index (χ4v) is 2.80. The Hall–Kier alpha value is -2.17. The average molecular weight is 297 g/mol. The van der Waals surface area contributed by atoms with Gasteiger partial charge in [0, 0.05) is 24.1 Å². The summed E-state index contributed by atoms with van der Waals surface area (Å²) in [4.78, 5) is 12.8. The molecule has 0 unspecified atom stereocenters. The highest BCUT2D eigenvalue weighted by atomic mass is 15.1. The summed E-state index contributed by atoms with van der Waals surface area (Å²) in [6.45, 7) is 4.69. The molecule has 5 heteroatoms. The molecule has 1 aliphatic carbocycles. The number of nitrogens with one attached hydrogen (secondary N) is 2. The van der Waals surface area contributed by atoms with Crippen LogP contribution >= 0.6 is 0 Å². The molecule has 0 radical (unpaired) electrons. The summed E-state index contributed by atoms with van der Waals surface area (Å²) < 4.78 is 0. The minimum absolute atomic E-state index is 0.483. The zero-order chi connectivity index (χ0) is 15.4. The fraction of sp³-hybridized carbons (Fsp3) is 0.471. The molecule has 2 aromatic heterocycles. The van der Waals surface area contributed by atoms with Crippen LogP contribution in [0.4, 0.5) is 17.3 Å². The van der Waals surface area contributed by atoms with Gasteiger partial charge in [0.1, 0.15) is 0 Å². The van der Waals surface area contributed by atoms with E-state index in [1.807, 2.05) is 24.5 Å². The highest BCUT2D eigenvalue weighted by Crippen LogP contribution is 2.35. The van der Waals surface area contributed by atoms with Crippen molar-refractivity contribution >= 4 is 17.3 Å². The van der Waals surface area contributed by atoms with Gasteiger partial charge < -0.3 is 10.6 Å². The van der Waals surface area contributed by atoms with E-state index in [2.05, 4.69) is 39.4 Å². The molecule has 116 valence electrons. The molecule has 0 aliphatic heterocycles. The molecule has 1 saturated carbocycles. The molecule has 22 heavy (non-hydrogen) atoms. The molecule has 5 nitrogen and oxygen atoms in total. The van der Waals surface area contributed by atoms with Gasteiger partial charge in [-0.1, -0.05) is 13.8 Å². The van der Waals surface area contributed by atoms with Gasteiger partial charge in [-0.15, -0.1) is 0 Å². The van der Waals surface area contributed by atoms with Gasteiger partial charge in [0.25, 0.3) is 0 Å². The van der Waals surface area contributed by atoms with Gasteiger partial charge in [-0.3, -0.25) is 4.98 Å². The van der Waals surface area contributed by atoms with E-state index in [0.29, 0.717) is 17.4 Å². The molecule has 1 fully saturated rings. The van der Waals surface area contributed by atoms with Crippen LogP contribution in [0.25, 0.3) is 0 Å². The Kier molecular flexibility index (Phi) is 4.22. The first-order valence-corrected chi connectivity index (χ1v) is 7.86. The zero-order valence-electron chi connectivity index (χ0n) is 13.2. The molecule has 0 bridgehead atoms.